The predicted molar refractivity (Wildman–Crippen MR) is 63.4 cm³/mol. The van der Waals surface area contributed by atoms with E-state index in [0.717, 1.165) is 19.4 Å². The minimum Gasteiger partial charge on any atom is -0.376 e. The maximum absolute atomic E-state index is 11.7. The van der Waals surface area contributed by atoms with Crippen molar-refractivity contribution in [3.8, 4) is 0 Å². The Morgan fingerprint density at radius 2 is 2.47 bits per heavy atom. The Morgan fingerprint density at radius 1 is 1.65 bits per heavy atom. The Kier molecular flexibility index (Phi) is 3.81. The lowest BCUT2D eigenvalue weighted by Crippen LogP contribution is -2.32. The standard InChI is InChI=1S/C11H13ClN2O3/c12-9-4-7(5-13-11(9)16)10(15)14-6-8-2-1-3-17-8/h4-5,8H,1-3,6H2,(H,13,16)(H,14,15). The molecule has 0 radical (unpaired) electrons. The molecular formula is C11H13ClN2O3. The number of carbonyl (C=O) groups excluding carboxylic acids is 1. The van der Waals surface area contributed by atoms with Crippen LogP contribution >= 0.6 is 11.6 Å². The van der Waals surface area contributed by atoms with E-state index in [0.29, 0.717) is 12.1 Å². The molecule has 1 unspecified atom stereocenters. The van der Waals surface area contributed by atoms with Gasteiger partial charge in [-0.1, -0.05) is 11.6 Å². The number of pyridine rings is 1. The lowest BCUT2D eigenvalue weighted by atomic mass is 10.2. The monoisotopic (exact) mass is 256 g/mol. The van der Waals surface area contributed by atoms with Crippen molar-refractivity contribution < 1.29 is 9.53 Å². The zero-order valence-corrected chi connectivity index (χ0v) is 9.92. The summed E-state index contributed by atoms with van der Waals surface area (Å²) in [6.07, 6.45) is 3.44. The molecule has 1 aromatic heterocycles. The van der Waals surface area contributed by atoms with Gasteiger partial charge in [-0.15, -0.1) is 0 Å². The van der Waals surface area contributed by atoms with Crippen LogP contribution in [-0.4, -0.2) is 30.1 Å². The molecule has 92 valence electrons. The first kappa shape index (κ1) is 12.1. The Bertz CT molecular complexity index is 466. The number of aromatic nitrogens is 1. The Hall–Kier alpha value is -1.33. The molecule has 2 N–H and O–H groups in total. The fourth-order valence-electron chi connectivity index (χ4n) is 1.70. The molecule has 1 amide bonds. The molecule has 0 spiro atoms. The number of carbonyl (C=O) groups is 1. The van der Waals surface area contributed by atoms with Crippen molar-refractivity contribution in [2.24, 2.45) is 0 Å². The largest absolute Gasteiger partial charge is 0.376 e. The molecule has 1 fully saturated rings. The second kappa shape index (κ2) is 5.33. The predicted octanol–water partition coefficient (Wildman–Crippen LogP) is 0.937. The van der Waals surface area contributed by atoms with Gasteiger partial charge in [0, 0.05) is 19.3 Å². The quantitative estimate of drug-likeness (QED) is 0.845. The zero-order chi connectivity index (χ0) is 12.3. The molecule has 2 rings (SSSR count). The molecule has 1 aromatic rings. The summed E-state index contributed by atoms with van der Waals surface area (Å²) in [5.74, 6) is -0.265. The van der Waals surface area contributed by atoms with E-state index in [2.05, 4.69) is 10.3 Å². The summed E-state index contributed by atoms with van der Waals surface area (Å²) in [6, 6.07) is 1.35. The van der Waals surface area contributed by atoms with E-state index in [1.165, 1.54) is 12.3 Å². The molecule has 6 heteroatoms. The number of hydrogen-bond acceptors (Lipinski definition) is 3. The molecule has 1 aliphatic heterocycles. The second-order valence-corrected chi connectivity index (χ2v) is 4.32. The van der Waals surface area contributed by atoms with Gasteiger partial charge in [0.1, 0.15) is 5.02 Å². The fourth-order valence-corrected chi connectivity index (χ4v) is 1.87. The highest BCUT2D eigenvalue weighted by Gasteiger charge is 2.16. The van der Waals surface area contributed by atoms with Gasteiger partial charge in [0.25, 0.3) is 11.5 Å². The van der Waals surface area contributed by atoms with E-state index < -0.39 is 5.56 Å². The molecule has 0 bridgehead atoms. The topological polar surface area (TPSA) is 71.2 Å². The number of aromatic amines is 1. The second-order valence-electron chi connectivity index (χ2n) is 3.91. The highest BCUT2D eigenvalue weighted by Crippen LogP contribution is 2.11. The summed E-state index contributed by atoms with van der Waals surface area (Å²) in [6.45, 7) is 1.24. The van der Waals surface area contributed by atoms with Gasteiger partial charge in [0.2, 0.25) is 0 Å². The minimum absolute atomic E-state index is 0.00904. The van der Waals surface area contributed by atoms with Crippen molar-refractivity contribution in [2.45, 2.75) is 18.9 Å². The summed E-state index contributed by atoms with van der Waals surface area (Å²) < 4.78 is 5.38. The van der Waals surface area contributed by atoms with Crippen molar-refractivity contribution in [1.82, 2.24) is 10.3 Å². The Morgan fingerprint density at radius 3 is 3.12 bits per heavy atom. The highest BCUT2D eigenvalue weighted by atomic mass is 35.5. The van der Waals surface area contributed by atoms with Gasteiger partial charge in [0.05, 0.1) is 11.7 Å². The molecule has 0 saturated carbocycles. The van der Waals surface area contributed by atoms with Crippen LogP contribution in [0.5, 0.6) is 0 Å². The normalized spacial score (nSPS) is 19.2. The van der Waals surface area contributed by atoms with Gasteiger partial charge >= 0.3 is 0 Å². The highest BCUT2D eigenvalue weighted by molar-refractivity contribution is 6.30. The minimum atomic E-state index is -0.401. The van der Waals surface area contributed by atoms with Gasteiger partial charge in [-0.25, -0.2) is 0 Å². The van der Waals surface area contributed by atoms with Crippen molar-refractivity contribution in [1.29, 1.82) is 0 Å². The third kappa shape index (κ3) is 3.08. The van der Waals surface area contributed by atoms with E-state index in [-0.39, 0.29) is 17.0 Å². The molecular weight excluding hydrogens is 244 g/mol. The van der Waals surface area contributed by atoms with Crippen LogP contribution in [0.2, 0.25) is 5.02 Å². The fraction of sp³-hybridized carbons (Fsp3) is 0.455. The molecule has 0 aromatic carbocycles. The lowest BCUT2D eigenvalue weighted by Gasteiger charge is -2.10. The summed E-state index contributed by atoms with van der Waals surface area (Å²) in [5.41, 5.74) is -0.0602. The number of halogens is 1. The maximum Gasteiger partial charge on any atom is 0.266 e. The summed E-state index contributed by atoms with van der Waals surface area (Å²) in [5, 5.41) is 2.75. The summed E-state index contributed by atoms with van der Waals surface area (Å²) >= 11 is 5.64. The molecule has 1 saturated heterocycles. The van der Waals surface area contributed by atoms with Crippen LogP contribution in [0.4, 0.5) is 0 Å². The molecule has 2 heterocycles. The smallest absolute Gasteiger partial charge is 0.266 e. The van der Waals surface area contributed by atoms with E-state index in [1.54, 1.807) is 0 Å². The lowest BCUT2D eigenvalue weighted by molar-refractivity contribution is 0.0857. The van der Waals surface area contributed by atoms with Crippen molar-refractivity contribution >= 4 is 17.5 Å². The van der Waals surface area contributed by atoms with Crippen LogP contribution in [0, 0.1) is 0 Å². The van der Waals surface area contributed by atoms with Crippen molar-refractivity contribution in [2.75, 3.05) is 13.2 Å². The third-order valence-electron chi connectivity index (χ3n) is 2.63. The van der Waals surface area contributed by atoms with Crippen LogP contribution < -0.4 is 10.9 Å². The summed E-state index contributed by atoms with van der Waals surface area (Å²) in [7, 11) is 0. The first-order valence-electron chi connectivity index (χ1n) is 5.45. The number of nitrogens with one attached hydrogen (secondary N) is 2. The van der Waals surface area contributed by atoms with Crippen LogP contribution in [0.25, 0.3) is 0 Å². The zero-order valence-electron chi connectivity index (χ0n) is 9.16. The van der Waals surface area contributed by atoms with Gasteiger partial charge in [-0.05, 0) is 18.9 Å². The van der Waals surface area contributed by atoms with E-state index in [1.807, 2.05) is 0 Å². The first-order valence-corrected chi connectivity index (χ1v) is 5.82. The van der Waals surface area contributed by atoms with E-state index in [9.17, 15) is 9.59 Å². The van der Waals surface area contributed by atoms with Gasteiger partial charge in [0.15, 0.2) is 0 Å². The van der Waals surface area contributed by atoms with Gasteiger partial charge in [-0.2, -0.15) is 0 Å². The number of H-pyrrole nitrogens is 1. The van der Waals surface area contributed by atoms with Crippen LogP contribution in [0.15, 0.2) is 17.1 Å². The average molecular weight is 257 g/mol. The molecule has 1 aliphatic rings. The number of hydrogen-bond donors (Lipinski definition) is 2. The van der Waals surface area contributed by atoms with E-state index >= 15 is 0 Å². The Labute approximate surface area is 103 Å². The average Bonchev–Trinajstić information content (AvgIpc) is 2.82. The van der Waals surface area contributed by atoms with Crippen LogP contribution in [0.3, 0.4) is 0 Å². The molecule has 5 nitrogen and oxygen atoms in total. The van der Waals surface area contributed by atoms with Crippen molar-refractivity contribution in [3.63, 3.8) is 0 Å². The van der Waals surface area contributed by atoms with Gasteiger partial charge < -0.3 is 15.0 Å². The third-order valence-corrected chi connectivity index (χ3v) is 2.92. The molecule has 1 atom stereocenters. The first-order chi connectivity index (χ1) is 8.16. The number of ether oxygens (including phenoxy) is 1. The molecule has 0 aliphatic carbocycles. The molecule has 17 heavy (non-hydrogen) atoms. The summed E-state index contributed by atoms with van der Waals surface area (Å²) in [4.78, 5) is 25.1. The van der Waals surface area contributed by atoms with Crippen molar-refractivity contribution in [3.05, 3.63) is 33.2 Å². The maximum atomic E-state index is 11.7. The SMILES string of the molecule is O=C(NCC1CCCO1)c1c[nH]c(=O)c(Cl)c1. The van der Waals surface area contributed by atoms with Crippen LogP contribution in [0.1, 0.15) is 23.2 Å². The number of amides is 1. The van der Waals surface area contributed by atoms with Gasteiger partial charge in [-0.3, -0.25) is 9.59 Å². The Balaban J connectivity index is 1.94. The number of rotatable bonds is 3. The van der Waals surface area contributed by atoms with E-state index in [4.69, 9.17) is 16.3 Å². The van der Waals surface area contributed by atoms with Crippen LogP contribution in [-0.2, 0) is 4.74 Å².